The van der Waals surface area contributed by atoms with Crippen LogP contribution >= 0.6 is 11.8 Å². The Kier molecular flexibility index (Phi) is 8.93. The van der Waals surface area contributed by atoms with Crippen molar-refractivity contribution in [2.45, 2.75) is 110 Å². The zero-order valence-corrected chi connectivity index (χ0v) is 24.1. The van der Waals surface area contributed by atoms with Crippen LogP contribution in [0.1, 0.15) is 85.5 Å². The summed E-state index contributed by atoms with van der Waals surface area (Å²) in [5, 5.41) is 44.9. The summed E-state index contributed by atoms with van der Waals surface area (Å²) in [4.78, 5) is 35.1. The van der Waals surface area contributed by atoms with Crippen LogP contribution in [0.2, 0.25) is 0 Å². The maximum absolute atomic E-state index is 12.6. The highest BCUT2D eigenvalue weighted by Gasteiger charge is 2.65. The fraction of sp³-hybridized carbons (Fsp3) is 0.897. The molecule has 0 aliphatic heterocycles. The summed E-state index contributed by atoms with van der Waals surface area (Å²) in [5.41, 5.74) is -0.265. The number of carbonyl (C=O) groups excluding carboxylic acids is 2. The molecule has 4 saturated carbocycles. The number of aliphatic hydroxyl groups is 3. The topological polar surface area (TPSA) is 144 Å². The first-order valence-corrected chi connectivity index (χ1v) is 15.5. The lowest BCUT2D eigenvalue weighted by Gasteiger charge is -2.63. The van der Waals surface area contributed by atoms with Crippen LogP contribution < -0.4 is 5.32 Å². The Morgan fingerprint density at radius 1 is 1.03 bits per heavy atom. The first-order chi connectivity index (χ1) is 17.8. The summed E-state index contributed by atoms with van der Waals surface area (Å²) < 4.78 is 0. The van der Waals surface area contributed by atoms with E-state index in [4.69, 9.17) is 0 Å². The molecule has 0 heterocycles. The van der Waals surface area contributed by atoms with E-state index in [1.807, 2.05) is 0 Å². The van der Waals surface area contributed by atoms with Crippen LogP contribution in [0.25, 0.3) is 0 Å². The van der Waals surface area contributed by atoms with Gasteiger partial charge in [0.1, 0.15) is 6.04 Å². The second-order valence-electron chi connectivity index (χ2n) is 13.3. The minimum Gasteiger partial charge on any atom is -0.480 e. The largest absolute Gasteiger partial charge is 0.480 e. The number of carboxylic acid groups (broad SMARTS) is 1. The molecule has 5 N–H and O–H groups in total. The van der Waals surface area contributed by atoms with Gasteiger partial charge in [0.15, 0.2) is 5.12 Å². The van der Waals surface area contributed by atoms with Crippen LogP contribution in [0.15, 0.2) is 0 Å². The number of carboxylic acids is 1. The van der Waals surface area contributed by atoms with Crippen molar-refractivity contribution < 1.29 is 34.8 Å². The SMILES string of the molecule is CC(=O)N[C@@H](CSC(=O)CC[C@@H](C)[C@H]1CC[C@H]2[C@@H]3[C@H](O)C[C@@H]4C[C@H](O)CC[C@]4(C)[C@H]3C[C@H](O)[C@]12C)C(=O)O. The number of aliphatic hydroxyl groups excluding tert-OH is 3. The van der Waals surface area contributed by atoms with Crippen LogP contribution in [-0.4, -0.2) is 67.5 Å². The molecule has 0 radical (unpaired) electrons. The Labute approximate surface area is 230 Å². The summed E-state index contributed by atoms with van der Waals surface area (Å²) in [5.74, 6) is -0.179. The number of hydrogen-bond acceptors (Lipinski definition) is 7. The molecule has 216 valence electrons. The third-order valence-electron chi connectivity index (χ3n) is 11.4. The number of amides is 1. The molecule has 8 nitrogen and oxygen atoms in total. The number of rotatable bonds is 8. The molecule has 0 spiro atoms. The van der Waals surface area contributed by atoms with Gasteiger partial charge in [0.05, 0.1) is 18.3 Å². The molecule has 12 atom stereocenters. The van der Waals surface area contributed by atoms with Gasteiger partial charge in [-0.3, -0.25) is 9.59 Å². The molecule has 4 aliphatic rings. The van der Waals surface area contributed by atoms with Crippen molar-refractivity contribution in [1.82, 2.24) is 5.32 Å². The molecule has 0 bridgehead atoms. The summed E-state index contributed by atoms with van der Waals surface area (Å²) >= 11 is 0.952. The monoisotopic (exact) mass is 553 g/mol. The Morgan fingerprint density at radius 3 is 2.39 bits per heavy atom. The van der Waals surface area contributed by atoms with E-state index in [-0.39, 0.29) is 57.4 Å². The lowest BCUT2D eigenvalue weighted by Crippen LogP contribution is -2.62. The third-order valence-corrected chi connectivity index (χ3v) is 12.4. The zero-order valence-electron chi connectivity index (χ0n) is 23.3. The molecular formula is C29H47NO7S. The molecule has 0 aromatic carbocycles. The minimum absolute atomic E-state index is 0.00179. The fourth-order valence-electron chi connectivity index (χ4n) is 9.35. The zero-order chi connectivity index (χ0) is 28.0. The van der Waals surface area contributed by atoms with Gasteiger partial charge in [0.2, 0.25) is 5.91 Å². The molecule has 0 unspecified atom stereocenters. The van der Waals surface area contributed by atoms with Crippen LogP contribution in [0.5, 0.6) is 0 Å². The van der Waals surface area contributed by atoms with Gasteiger partial charge in [-0.2, -0.15) is 0 Å². The first-order valence-electron chi connectivity index (χ1n) is 14.5. The summed E-state index contributed by atoms with van der Waals surface area (Å²) in [7, 11) is 0. The minimum atomic E-state index is -1.15. The molecule has 38 heavy (non-hydrogen) atoms. The lowest BCUT2D eigenvalue weighted by molar-refractivity contribution is -0.207. The highest BCUT2D eigenvalue weighted by molar-refractivity contribution is 8.13. The summed E-state index contributed by atoms with van der Waals surface area (Å²) in [6.07, 6.45) is 5.71. The Balaban J connectivity index is 1.40. The molecule has 0 aromatic heterocycles. The molecule has 9 heteroatoms. The normalized spacial score (nSPS) is 43.8. The van der Waals surface area contributed by atoms with Gasteiger partial charge < -0.3 is 25.7 Å². The molecule has 1 amide bonds. The number of carbonyl (C=O) groups is 3. The highest BCUT2D eigenvalue weighted by Crippen LogP contribution is 2.68. The molecule has 0 saturated heterocycles. The van der Waals surface area contributed by atoms with E-state index >= 15 is 0 Å². The van der Waals surface area contributed by atoms with E-state index in [1.165, 1.54) is 6.92 Å². The quantitative estimate of drug-likeness (QED) is 0.308. The van der Waals surface area contributed by atoms with E-state index in [2.05, 4.69) is 26.1 Å². The predicted octanol–water partition coefficient (Wildman–Crippen LogP) is 3.21. The second kappa shape index (κ2) is 11.4. The Hall–Kier alpha value is -1.16. The van der Waals surface area contributed by atoms with Gasteiger partial charge >= 0.3 is 5.97 Å². The molecule has 4 aliphatic carbocycles. The van der Waals surface area contributed by atoms with E-state index < -0.39 is 30.1 Å². The van der Waals surface area contributed by atoms with Crippen molar-refractivity contribution in [1.29, 1.82) is 0 Å². The van der Waals surface area contributed by atoms with Gasteiger partial charge in [-0.05, 0) is 97.7 Å². The Bertz CT molecular complexity index is 915. The van der Waals surface area contributed by atoms with Crippen molar-refractivity contribution in [3.05, 3.63) is 0 Å². The number of nitrogens with one attached hydrogen (secondary N) is 1. The first kappa shape index (κ1) is 29.8. The van der Waals surface area contributed by atoms with Gasteiger partial charge in [-0.25, -0.2) is 4.79 Å². The van der Waals surface area contributed by atoms with Crippen LogP contribution in [-0.2, 0) is 14.4 Å². The van der Waals surface area contributed by atoms with Gasteiger partial charge in [-0.1, -0.05) is 32.5 Å². The van der Waals surface area contributed by atoms with Crippen LogP contribution in [0.3, 0.4) is 0 Å². The third kappa shape index (κ3) is 5.41. The van der Waals surface area contributed by atoms with E-state index in [1.54, 1.807) is 0 Å². The van der Waals surface area contributed by atoms with Crippen molar-refractivity contribution >= 4 is 28.8 Å². The maximum Gasteiger partial charge on any atom is 0.327 e. The number of aliphatic carboxylic acids is 1. The Morgan fingerprint density at radius 2 is 1.74 bits per heavy atom. The van der Waals surface area contributed by atoms with Crippen molar-refractivity contribution in [2.24, 2.45) is 46.3 Å². The lowest BCUT2D eigenvalue weighted by atomic mass is 9.43. The molecular weight excluding hydrogens is 506 g/mol. The summed E-state index contributed by atoms with van der Waals surface area (Å²) in [6, 6.07) is -1.09. The average molecular weight is 554 g/mol. The number of hydrogen-bond donors (Lipinski definition) is 5. The number of thioether (sulfide) groups is 1. The number of fused-ring (bicyclic) bond motifs is 5. The second-order valence-corrected chi connectivity index (χ2v) is 14.4. The molecule has 0 aromatic rings. The predicted molar refractivity (Wildman–Crippen MR) is 145 cm³/mol. The standard InChI is InChI=1S/C29H47NO7S/c1-15(5-8-25(35)38-14-22(27(36)37)30-16(2)31)19-6-7-20-26-21(13-24(34)29(19,20)4)28(3)10-9-18(32)11-17(28)12-23(26)33/h15,17-24,26,32-34H,5-14H2,1-4H3,(H,30,31)(H,36,37)/t15-,17+,18-,19-,20+,21+,22+,23-,24+,26+,28+,29-/m1/s1. The van der Waals surface area contributed by atoms with Crippen LogP contribution in [0, 0.1) is 46.3 Å². The van der Waals surface area contributed by atoms with Crippen molar-refractivity contribution in [3.63, 3.8) is 0 Å². The smallest absolute Gasteiger partial charge is 0.327 e. The molecule has 4 fully saturated rings. The van der Waals surface area contributed by atoms with E-state index in [0.29, 0.717) is 25.2 Å². The average Bonchev–Trinajstić information content (AvgIpc) is 3.20. The van der Waals surface area contributed by atoms with Gasteiger partial charge in [0.25, 0.3) is 0 Å². The molecule has 4 rings (SSSR count). The van der Waals surface area contributed by atoms with Crippen molar-refractivity contribution in [2.75, 3.05) is 5.75 Å². The highest BCUT2D eigenvalue weighted by atomic mass is 32.2. The summed E-state index contributed by atoms with van der Waals surface area (Å²) in [6.45, 7) is 7.96. The van der Waals surface area contributed by atoms with Crippen LogP contribution in [0.4, 0.5) is 0 Å². The van der Waals surface area contributed by atoms with E-state index in [9.17, 15) is 34.8 Å². The van der Waals surface area contributed by atoms with Gasteiger partial charge in [-0.15, -0.1) is 0 Å². The van der Waals surface area contributed by atoms with Crippen molar-refractivity contribution in [3.8, 4) is 0 Å². The van der Waals surface area contributed by atoms with Gasteiger partial charge in [0, 0.05) is 19.1 Å². The fourth-order valence-corrected chi connectivity index (χ4v) is 10.2. The maximum atomic E-state index is 12.6. The van der Waals surface area contributed by atoms with E-state index in [0.717, 1.165) is 50.3 Å².